The number of likely N-dealkylation sites (tertiary alicyclic amines) is 1. The SMILES string of the molecule is Cc1ccc(CN2CC(C)(C)C(=O)/C(=C/c3ccccn3)C2c2ccccc2)cc1. The van der Waals surface area contributed by atoms with Crippen LogP contribution in [-0.2, 0) is 11.3 Å². The lowest BCUT2D eigenvalue weighted by atomic mass is 9.74. The van der Waals surface area contributed by atoms with Crippen LogP contribution in [0.1, 0.15) is 42.3 Å². The van der Waals surface area contributed by atoms with Gasteiger partial charge in [0.1, 0.15) is 0 Å². The van der Waals surface area contributed by atoms with E-state index in [0.717, 1.165) is 23.4 Å². The van der Waals surface area contributed by atoms with Crippen LogP contribution in [0, 0.1) is 12.3 Å². The third-order valence-electron chi connectivity index (χ3n) is 5.75. The number of hydrogen-bond acceptors (Lipinski definition) is 3. The summed E-state index contributed by atoms with van der Waals surface area (Å²) < 4.78 is 0. The summed E-state index contributed by atoms with van der Waals surface area (Å²) in [7, 11) is 0. The number of aryl methyl sites for hydroxylation is 1. The third-order valence-corrected chi connectivity index (χ3v) is 5.75. The van der Waals surface area contributed by atoms with E-state index >= 15 is 0 Å². The van der Waals surface area contributed by atoms with Gasteiger partial charge in [-0.3, -0.25) is 14.7 Å². The van der Waals surface area contributed by atoms with Crippen molar-refractivity contribution in [2.45, 2.75) is 33.4 Å². The molecule has 3 nitrogen and oxygen atoms in total. The summed E-state index contributed by atoms with van der Waals surface area (Å²) in [5, 5.41) is 0. The van der Waals surface area contributed by atoms with Gasteiger partial charge >= 0.3 is 0 Å². The van der Waals surface area contributed by atoms with Crippen LogP contribution in [0.5, 0.6) is 0 Å². The number of Topliss-reactive ketones (excluding diaryl/α,β-unsaturated/α-hetero) is 1. The Kier molecular flexibility index (Phi) is 5.65. The highest BCUT2D eigenvalue weighted by molar-refractivity contribution is 6.05. The van der Waals surface area contributed by atoms with Crippen molar-refractivity contribution in [3.05, 3.63) is 107 Å². The van der Waals surface area contributed by atoms with E-state index in [2.05, 4.69) is 53.2 Å². The first kappa shape index (κ1) is 20.2. The molecule has 1 aliphatic rings. The van der Waals surface area contributed by atoms with Gasteiger partial charge in [-0.1, -0.05) is 80.1 Å². The molecule has 3 aromatic rings. The van der Waals surface area contributed by atoms with Gasteiger partial charge in [0.2, 0.25) is 0 Å². The number of piperidine rings is 1. The van der Waals surface area contributed by atoms with Crippen molar-refractivity contribution in [2.75, 3.05) is 6.54 Å². The number of aromatic nitrogens is 1. The second kappa shape index (κ2) is 8.37. The first-order valence-electron chi connectivity index (χ1n) is 10.5. The summed E-state index contributed by atoms with van der Waals surface area (Å²) in [5.41, 5.74) is 4.80. The molecule has 0 spiro atoms. The Bertz CT molecular complexity index is 1040. The minimum Gasteiger partial charge on any atom is -0.294 e. The van der Waals surface area contributed by atoms with E-state index in [9.17, 15) is 4.79 Å². The maximum Gasteiger partial charge on any atom is 0.167 e. The first-order valence-corrected chi connectivity index (χ1v) is 10.5. The number of carbonyl (C=O) groups is 1. The van der Waals surface area contributed by atoms with E-state index in [-0.39, 0.29) is 11.8 Å². The normalized spacial score (nSPS) is 20.4. The van der Waals surface area contributed by atoms with Crippen LogP contribution in [0.15, 0.2) is 84.6 Å². The van der Waals surface area contributed by atoms with Crippen LogP contribution >= 0.6 is 0 Å². The van der Waals surface area contributed by atoms with Gasteiger partial charge in [0.15, 0.2) is 5.78 Å². The standard InChI is InChI=1S/C27H28N2O/c1-20-12-14-21(15-13-20)18-29-19-27(2,3)26(30)24(17-23-11-7-8-16-28-23)25(29)22-9-5-4-6-10-22/h4-17,25H,18-19H2,1-3H3/b24-17+. The van der Waals surface area contributed by atoms with Crippen LogP contribution in [0.4, 0.5) is 0 Å². The van der Waals surface area contributed by atoms with Crippen LogP contribution in [0.2, 0.25) is 0 Å². The summed E-state index contributed by atoms with van der Waals surface area (Å²) in [6.07, 6.45) is 3.75. The number of pyridine rings is 1. The Morgan fingerprint density at radius 3 is 2.37 bits per heavy atom. The Morgan fingerprint density at radius 1 is 1.00 bits per heavy atom. The molecule has 0 saturated carbocycles. The second-order valence-corrected chi connectivity index (χ2v) is 8.77. The van der Waals surface area contributed by atoms with E-state index in [0.29, 0.717) is 6.54 Å². The lowest BCUT2D eigenvalue weighted by molar-refractivity contribution is -0.128. The smallest absolute Gasteiger partial charge is 0.167 e. The van der Waals surface area contributed by atoms with Gasteiger partial charge in [0.05, 0.1) is 11.7 Å². The van der Waals surface area contributed by atoms with Gasteiger partial charge in [-0.15, -0.1) is 0 Å². The fourth-order valence-electron chi connectivity index (χ4n) is 4.25. The summed E-state index contributed by atoms with van der Waals surface area (Å²) in [5.74, 6) is 0.196. The van der Waals surface area contributed by atoms with E-state index in [4.69, 9.17) is 0 Å². The highest BCUT2D eigenvalue weighted by atomic mass is 16.1. The molecule has 1 aliphatic heterocycles. The number of carbonyl (C=O) groups excluding carboxylic acids is 1. The molecule has 1 unspecified atom stereocenters. The molecule has 2 aromatic carbocycles. The molecule has 0 bridgehead atoms. The highest BCUT2D eigenvalue weighted by Gasteiger charge is 2.43. The van der Waals surface area contributed by atoms with Crippen molar-refractivity contribution in [1.82, 2.24) is 9.88 Å². The zero-order chi connectivity index (χ0) is 21.1. The summed E-state index contributed by atoms with van der Waals surface area (Å²) in [4.78, 5) is 20.4. The van der Waals surface area contributed by atoms with Crippen LogP contribution in [0.3, 0.4) is 0 Å². The van der Waals surface area contributed by atoms with E-state index in [1.54, 1.807) is 6.20 Å². The average Bonchev–Trinajstić information content (AvgIpc) is 2.75. The van der Waals surface area contributed by atoms with Crippen molar-refractivity contribution in [2.24, 2.45) is 5.41 Å². The molecule has 0 N–H and O–H groups in total. The second-order valence-electron chi connectivity index (χ2n) is 8.77. The lowest BCUT2D eigenvalue weighted by Crippen LogP contribution is -2.49. The molecule has 1 aromatic heterocycles. The Morgan fingerprint density at radius 2 is 1.70 bits per heavy atom. The Labute approximate surface area is 179 Å². The van der Waals surface area contributed by atoms with Crippen molar-refractivity contribution in [3.63, 3.8) is 0 Å². The maximum absolute atomic E-state index is 13.6. The van der Waals surface area contributed by atoms with E-state index in [1.807, 2.05) is 56.3 Å². The lowest BCUT2D eigenvalue weighted by Gasteiger charge is -2.44. The number of rotatable bonds is 4. The minimum atomic E-state index is -0.462. The number of nitrogens with zero attached hydrogens (tertiary/aromatic N) is 2. The number of hydrogen-bond donors (Lipinski definition) is 0. The molecule has 1 saturated heterocycles. The molecule has 3 heteroatoms. The van der Waals surface area contributed by atoms with Crippen LogP contribution in [-0.4, -0.2) is 22.2 Å². The van der Waals surface area contributed by atoms with Gasteiger partial charge < -0.3 is 0 Å². The summed E-state index contributed by atoms with van der Waals surface area (Å²) in [6, 6.07) is 24.7. The largest absolute Gasteiger partial charge is 0.294 e. The number of benzene rings is 2. The summed E-state index contributed by atoms with van der Waals surface area (Å²) in [6.45, 7) is 7.69. The molecule has 1 fully saturated rings. The molecular weight excluding hydrogens is 368 g/mol. The average molecular weight is 397 g/mol. The zero-order valence-corrected chi connectivity index (χ0v) is 17.9. The van der Waals surface area contributed by atoms with Crippen molar-refractivity contribution >= 4 is 11.9 Å². The molecule has 0 amide bonds. The van der Waals surface area contributed by atoms with Crippen molar-refractivity contribution < 1.29 is 4.79 Å². The molecule has 1 atom stereocenters. The molecule has 0 aliphatic carbocycles. The quantitative estimate of drug-likeness (QED) is 0.536. The zero-order valence-electron chi connectivity index (χ0n) is 17.9. The maximum atomic E-state index is 13.6. The predicted octanol–water partition coefficient (Wildman–Crippen LogP) is 5.63. The molecule has 0 radical (unpaired) electrons. The molecule has 30 heavy (non-hydrogen) atoms. The highest BCUT2D eigenvalue weighted by Crippen LogP contribution is 2.42. The Hall–Kier alpha value is -3.04. The third kappa shape index (κ3) is 4.27. The van der Waals surface area contributed by atoms with Gasteiger partial charge in [-0.25, -0.2) is 0 Å². The van der Waals surface area contributed by atoms with E-state index < -0.39 is 5.41 Å². The number of ketones is 1. The van der Waals surface area contributed by atoms with Crippen molar-refractivity contribution in [1.29, 1.82) is 0 Å². The molecule has 4 rings (SSSR count). The topological polar surface area (TPSA) is 33.2 Å². The fraction of sp³-hybridized carbons (Fsp3) is 0.259. The van der Waals surface area contributed by atoms with Gasteiger partial charge in [0, 0.05) is 30.3 Å². The van der Waals surface area contributed by atoms with E-state index in [1.165, 1.54) is 11.1 Å². The first-order chi connectivity index (χ1) is 14.4. The van der Waals surface area contributed by atoms with Gasteiger partial charge in [0.25, 0.3) is 0 Å². The molecule has 2 heterocycles. The molecule has 152 valence electrons. The Balaban J connectivity index is 1.81. The summed E-state index contributed by atoms with van der Waals surface area (Å²) >= 11 is 0. The fourth-order valence-corrected chi connectivity index (χ4v) is 4.25. The molecular formula is C27H28N2O. The monoisotopic (exact) mass is 396 g/mol. The van der Waals surface area contributed by atoms with Crippen molar-refractivity contribution in [3.8, 4) is 0 Å². The minimum absolute atomic E-state index is 0.102. The van der Waals surface area contributed by atoms with Crippen LogP contribution < -0.4 is 0 Å². The van der Waals surface area contributed by atoms with Gasteiger partial charge in [-0.05, 0) is 36.3 Å². The predicted molar refractivity (Wildman–Crippen MR) is 122 cm³/mol. The van der Waals surface area contributed by atoms with Gasteiger partial charge in [-0.2, -0.15) is 0 Å². The van der Waals surface area contributed by atoms with Crippen LogP contribution in [0.25, 0.3) is 6.08 Å².